The number of nitrogens with zero attached hydrogens (tertiary/aromatic N) is 3. The molecular formula is C19H21N3O2S. The van der Waals surface area contributed by atoms with E-state index in [-0.39, 0.29) is 11.5 Å². The Labute approximate surface area is 150 Å². The minimum atomic E-state index is -0.0780. The maximum Gasteiger partial charge on any atom is 0.264 e. The molecule has 25 heavy (non-hydrogen) atoms. The summed E-state index contributed by atoms with van der Waals surface area (Å²) in [6.07, 6.45) is 2.44. The number of fused-ring (bicyclic) bond motifs is 1. The van der Waals surface area contributed by atoms with Crippen LogP contribution in [0.25, 0.3) is 10.2 Å². The van der Waals surface area contributed by atoms with Crippen molar-refractivity contribution in [3.63, 3.8) is 0 Å². The van der Waals surface area contributed by atoms with Crippen molar-refractivity contribution in [2.24, 2.45) is 0 Å². The molecule has 0 bridgehead atoms. The van der Waals surface area contributed by atoms with Crippen LogP contribution in [0.15, 0.2) is 41.5 Å². The van der Waals surface area contributed by atoms with Crippen molar-refractivity contribution < 1.29 is 4.79 Å². The van der Waals surface area contributed by atoms with E-state index < -0.39 is 0 Å². The van der Waals surface area contributed by atoms with Gasteiger partial charge in [0.1, 0.15) is 4.83 Å². The van der Waals surface area contributed by atoms with E-state index in [1.54, 1.807) is 22.8 Å². The van der Waals surface area contributed by atoms with Gasteiger partial charge in [-0.15, -0.1) is 11.3 Å². The molecule has 5 nitrogen and oxygen atoms in total. The van der Waals surface area contributed by atoms with Crippen LogP contribution in [-0.4, -0.2) is 27.4 Å². The lowest BCUT2D eigenvalue weighted by atomic mass is 10.2. The molecule has 0 saturated carbocycles. The SMILES string of the molecule is CCCn1cnc2sc(C(=O)N(C)Cc3ccccc3)c(C)c2c1=O. The monoisotopic (exact) mass is 355 g/mol. The Balaban J connectivity index is 1.95. The fourth-order valence-electron chi connectivity index (χ4n) is 2.87. The number of carbonyl (C=O) groups excluding carboxylic acids is 1. The van der Waals surface area contributed by atoms with Crippen molar-refractivity contribution in [1.82, 2.24) is 14.5 Å². The summed E-state index contributed by atoms with van der Waals surface area (Å²) in [5.74, 6) is -0.0780. The predicted molar refractivity (Wildman–Crippen MR) is 101 cm³/mol. The fourth-order valence-corrected chi connectivity index (χ4v) is 4.00. The van der Waals surface area contributed by atoms with Crippen LogP contribution >= 0.6 is 11.3 Å². The van der Waals surface area contributed by atoms with Gasteiger partial charge in [0.15, 0.2) is 0 Å². The number of aromatic nitrogens is 2. The topological polar surface area (TPSA) is 55.2 Å². The molecule has 0 aliphatic heterocycles. The highest BCUT2D eigenvalue weighted by molar-refractivity contribution is 7.20. The smallest absolute Gasteiger partial charge is 0.264 e. The van der Waals surface area contributed by atoms with Crippen LogP contribution in [0.3, 0.4) is 0 Å². The summed E-state index contributed by atoms with van der Waals surface area (Å²) in [6, 6.07) is 9.85. The van der Waals surface area contributed by atoms with Gasteiger partial charge >= 0.3 is 0 Å². The molecule has 0 saturated heterocycles. The molecule has 0 aliphatic carbocycles. The van der Waals surface area contributed by atoms with Gasteiger partial charge in [0.2, 0.25) is 0 Å². The molecular weight excluding hydrogens is 334 g/mol. The number of hydrogen-bond acceptors (Lipinski definition) is 4. The number of amides is 1. The highest BCUT2D eigenvalue weighted by Crippen LogP contribution is 2.28. The van der Waals surface area contributed by atoms with Crippen LogP contribution in [0.2, 0.25) is 0 Å². The van der Waals surface area contributed by atoms with Crippen molar-refractivity contribution in [1.29, 1.82) is 0 Å². The van der Waals surface area contributed by atoms with Gasteiger partial charge < -0.3 is 4.90 Å². The Hall–Kier alpha value is -2.47. The number of carbonyl (C=O) groups is 1. The van der Waals surface area contributed by atoms with E-state index in [1.807, 2.05) is 44.2 Å². The number of hydrogen-bond donors (Lipinski definition) is 0. The minimum absolute atomic E-state index is 0.0645. The summed E-state index contributed by atoms with van der Waals surface area (Å²) >= 11 is 1.30. The summed E-state index contributed by atoms with van der Waals surface area (Å²) in [5, 5.41) is 0.567. The molecule has 2 heterocycles. The lowest BCUT2D eigenvalue weighted by Crippen LogP contribution is -2.26. The zero-order valence-electron chi connectivity index (χ0n) is 14.7. The van der Waals surface area contributed by atoms with Gasteiger partial charge in [0.05, 0.1) is 16.6 Å². The molecule has 3 aromatic rings. The second-order valence-corrected chi connectivity index (χ2v) is 7.13. The van der Waals surface area contributed by atoms with E-state index in [4.69, 9.17) is 0 Å². The first kappa shape index (κ1) is 17.4. The van der Waals surface area contributed by atoms with Gasteiger partial charge in [-0.2, -0.15) is 0 Å². The van der Waals surface area contributed by atoms with Crippen molar-refractivity contribution in [2.75, 3.05) is 7.05 Å². The third kappa shape index (κ3) is 3.35. The third-order valence-electron chi connectivity index (χ3n) is 4.19. The van der Waals surface area contributed by atoms with Crippen molar-refractivity contribution in [3.05, 3.63) is 63.0 Å². The zero-order chi connectivity index (χ0) is 18.0. The molecule has 6 heteroatoms. The van der Waals surface area contributed by atoms with Crippen LogP contribution < -0.4 is 5.56 Å². The normalized spacial score (nSPS) is 11.0. The van der Waals surface area contributed by atoms with Crippen LogP contribution in [0.4, 0.5) is 0 Å². The molecule has 0 unspecified atom stereocenters. The molecule has 0 N–H and O–H groups in total. The average molecular weight is 355 g/mol. The Bertz CT molecular complexity index is 960. The first-order chi connectivity index (χ1) is 12.0. The molecule has 0 aliphatic rings. The van der Waals surface area contributed by atoms with E-state index in [9.17, 15) is 9.59 Å². The van der Waals surface area contributed by atoms with Gasteiger partial charge in [-0.1, -0.05) is 37.3 Å². The third-order valence-corrected chi connectivity index (χ3v) is 5.37. The molecule has 0 radical (unpaired) electrons. The molecule has 130 valence electrons. The second-order valence-electron chi connectivity index (χ2n) is 6.13. The molecule has 0 atom stereocenters. The Morgan fingerprint density at radius 3 is 2.68 bits per heavy atom. The quantitative estimate of drug-likeness (QED) is 0.704. The highest BCUT2D eigenvalue weighted by atomic mass is 32.1. The second kappa shape index (κ2) is 7.19. The maximum absolute atomic E-state index is 12.9. The molecule has 1 amide bonds. The first-order valence-corrected chi connectivity index (χ1v) is 9.12. The fraction of sp³-hybridized carbons (Fsp3) is 0.316. The van der Waals surface area contributed by atoms with Crippen LogP contribution in [-0.2, 0) is 13.1 Å². The zero-order valence-corrected chi connectivity index (χ0v) is 15.5. The van der Waals surface area contributed by atoms with Crippen LogP contribution in [0.5, 0.6) is 0 Å². The molecule has 2 aromatic heterocycles. The Morgan fingerprint density at radius 1 is 1.28 bits per heavy atom. The maximum atomic E-state index is 12.9. The van der Waals surface area contributed by atoms with Crippen molar-refractivity contribution in [3.8, 4) is 0 Å². The summed E-state index contributed by atoms with van der Waals surface area (Å²) < 4.78 is 1.62. The number of rotatable bonds is 5. The summed E-state index contributed by atoms with van der Waals surface area (Å²) in [6.45, 7) is 5.02. The van der Waals surface area contributed by atoms with E-state index in [0.717, 1.165) is 17.5 Å². The summed E-state index contributed by atoms with van der Waals surface area (Å²) in [5.41, 5.74) is 1.73. The number of thiophene rings is 1. The Kier molecular flexibility index (Phi) is 4.99. The van der Waals surface area contributed by atoms with Crippen molar-refractivity contribution >= 4 is 27.5 Å². The van der Waals surface area contributed by atoms with E-state index in [1.165, 1.54) is 11.3 Å². The minimum Gasteiger partial charge on any atom is -0.337 e. The molecule has 0 fully saturated rings. The number of benzene rings is 1. The lowest BCUT2D eigenvalue weighted by Gasteiger charge is -2.16. The average Bonchev–Trinajstić information content (AvgIpc) is 2.95. The van der Waals surface area contributed by atoms with E-state index >= 15 is 0 Å². The summed E-state index contributed by atoms with van der Waals surface area (Å²) in [4.78, 5) is 32.8. The van der Waals surface area contributed by atoms with Crippen LogP contribution in [0.1, 0.15) is 34.1 Å². The largest absolute Gasteiger partial charge is 0.337 e. The van der Waals surface area contributed by atoms with Gasteiger partial charge in [-0.3, -0.25) is 14.2 Å². The predicted octanol–water partition coefficient (Wildman–Crippen LogP) is 3.45. The van der Waals surface area contributed by atoms with Gasteiger partial charge in [0.25, 0.3) is 11.5 Å². The first-order valence-electron chi connectivity index (χ1n) is 8.30. The standard InChI is InChI=1S/C19H21N3O2S/c1-4-10-22-12-20-17-15(18(22)23)13(2)16(25-17)19(24)21(3)11-14-8-6-5-7-9-14/h5-9,12H,4,10-11H2,1-3H3. The van der Waals surface area contributed by atoms with Crippen molar-refractivity contribution in [2.45, 2.75) is 33.4 Å². The van der Waals surface area contributed by atoms with E-state index in [2.05, 4.69) is 4.98 Å². The highest BCUT2D eigenvalue weighted by Gasteiger charge is 2.22. The van der Waals surface area contributed by atoms with Gasteiger partial charge in [-0.05, 0) is 24.5 Å². The number of aryl methyl sites for hydroxylation is 2. The van der Waals surface area contributed by atoms with Gasteiger partial charge in [-0.25, -0.2) is 4.98 Å². The molecule has 1 aromatic carbocycles. The van der Waals surface area contributed by atoms with Crippen LogP contribution in [0, 0.1) is 6.92 Å². The summed E-state index contributed by atoms with van der Waals surface area (Å²) in [7, 11) is 1.78. The lowest BCUT2D eigenvalue weighted by molar-refractivity contribution is 0.0789. The van der Waals surface area contributed by atoms with Gasteiger partial charge in [0, 0.05) is 20.1 Å². The molecule has 3 rings (SSSR count). The molecule has 0 spiro atoms. The van der Waals surface area contributed by atoms with E-state index in [0.29, 0.717) is 28.2 Å². The Morgan fingerprint density at radius 2 is 2.00 bits per heavy atom.